The average Bonchev–Trinajstić information content (AvgIpc) is 2.51. The van der Waals surface area contributed by atoms with E-state index < -0.39 is 0 Å². The summed E-state index contributed by atoms with van der Waals surface area (Å²) in [6.07, 6.45) is 1.80. The Kier molecular flexibility index (Phi) is 1.93. The largest absolute Gasteiger partial charge is 0.289 e. The van der Waals surface area contributed by atoms with Gasteiger partial charge in [0.25, 0.3) is 0 Å². The molecule has 0 saturated carbocycles. The van der Waals surface area contributed by atoms with Gasteiger partial charge in [-0.2, -0.15) is 0 Å². The lowest BCUT2D eigenvalue weighted by Gasteiger charge is -1.98. The van der Waals surface area contributed by atoms with E-state index in [0.717, 1.165) is 16.3 Å². The van der Waals surface area contributed by atoms with Gasteiger partial charge in [-0.05, 0) is 17.5 Å². The number of benzene rings is 1. The van der Waals surface area contributed by atoms with E-state index in [1.165, 1.54) is 0 Å². The number of nitrogens with zero attached hydrogens (tertiary/aromatic N) is 1. The first kappa shape index (κ1) is 9.04. The molecule has 0 aliphatic heterocycles. The van der Waals surface area contributed by atoms with Gasteiger partial charge >= 0.3 is 0 Å². The van der Waals surface area contributed by atoms with Gasteiger partial charge in [-0.15, -0.1) is 0 Å². The first-order valence-electron chi connectivity index (χ1n) is 5.13. The molecule has 0 aliphatic rings. The highest BCUT2D eigenvalue weighted by Gasteiger charge is 2.02. The molecular formula is C14H9NO. The molecular weight excluding hydrogens is 198 g/mol. The number of rotatable bonds is 0. The molecule has 16 heavy (non-hydrogen) atoms. The van der Waals surface area contributed by atoms with Crippen molar-refractivity contribution in [3.05, 3.63) is 65.0 Å². The molecule has 1 aromatic heterocycles. The maximum atomic E-state index is 12.0. The van der Waals surface area contributed by atoms with Crippen LogP contribution in [0.2, 0.25) is 0 Å². The highest BCUT2D eigenvalue weighted by atomic mass is 16.1. The van der Waals surface area contributed by atoms with Gasteiger partial charge in [-0.3, -0.25) is 9.78 Å². The van der Waals surface area contributed by atoms with E-state index >= 15 is 0 Å². The maximum absolute atomic E-state index is 12.0. The van der Waals surface area contributed by atoms with E-state index in [0.29, 0.717) is 5.39 Å². The molecule has 0 spiro atoms. The summed E-state index contributed by atoms with van der Waals surface area (Å²) in [4.78, 5) is 16.3. The van der Waals surface area contributed by atoms with Gasteiger partial charge in [0.2, 0.25) is 0 Å². The van der Waals surface area contributed by atoms with Crippen LogP contribution in [0.4, 0.5) is 0 Å². The quantitative estimate of drug-likeness (QED) is 0.567. The summed E-state index contributed by atoms with van der Waals surface area (Å²) >= 11 is 0. The molecule has 0 N–H and O–H groups in total. The van der Waals surface area contributed by atoms with Gasteiger partial charge in [0.15, 0.2) is 5.43 Å². The van der Waals surface area contributed by atoms with Gasteiger partial charge in [0, 0.05) is 11.6 Å². The van der Waals surface area contributed by atoms with Crippen LogP contribution in [0.25, 0.3) is 21.7 Å². The molecule has 0 fully saturated rings. The maximum Gasteiger partial charge on any atom is 0.188 e. The topological polar surface area (TPSA) is 30.0 Å². The summed E-state index contributed by atoms with van der Waals surface area (Å²) in [6, 6.07) is 14.8. The van der Waals surface area contributed by atoms with Crippen molar-refractivity contribution in [2.75, 3.05) is 0 Å². The first-order valence-corrected chi connectivity index (χ1v) is 5.13. The van der Waals surface area contributed by atoms with Gasteiger partial charge in [0.1, 0.15) is 0 Å². The summed E-state index contributed by atoms with van der Waals surface area (Å²) in [5.41, 5.74) is 0.762. The Morgan fingerprint density at radius 2 is 1.62 bits per heavy atom. The molecule has 2 nitrogen and oxygen atoms in total. The third-order valence-corrected chi connectivity index (χ3v) is 2.69. The predicted octanol–water partition coefficient (Wildman–Crippen LogP) is 2.75. The molecule has 0 bridgehead atoms. The smallest absolute Gasteiger partial charge is 0.188 e. The molecule has 76 valence electrons. The highest BCUT2D eigenvalue weighted by Crippen LogP contribution is 2.19. The fraction of sp³-hybridized carbons (Fsp3) is 0. The normalized spacial score (nSPS) is 10.8. The van der Waals surface area contributed by atoms with Crippen molar-refractivity contribution in [1.82, 2.24) is 4.98 Å². The fourth-order valence-corrected chi connectivity index (χ4v) is 1.94. The van der Waals surface area contributed by atoms with Gasteiger partial charge in [-0.1, -0.05) is 36.4 Å². The van der Waals surface area contributed by atoms with Crippen molar-refractivity contribution in [3.8, 4) is 0 Å². The van der Waals surface area contributed by atoms with Crippen molar-refractivity contribution in [3.63, 3.8) is 0 Å². The van der Waals surface area contributed by atoms with Gasteiger partial charge in [-0.25, -0.2) is 0 Å². The molecule has 0 amide bonds. The number of fused-ring (bicyclic) bond motifs is 3. The van der Waals surface area contributed by atoms with E-state index in [4.69, 9.17) is 0 Å². The first-order chi connectivity index (χ1) is 7.86. The standard InChI is InChI=1S/C14H9NO/c16-13-8-4-3-7-12-14(13)11-6-2-1-5-10(11)9-15-12/h1-9H. The van der Waals surface area contributed by atoms with Crippen molar-refractivity contribution < 1.29 is 0 Å². The SMILES string of the molecule is O=c1ccccc2ncc3ccccc3c12. The molecule has 3 aromatic rings. The minimum Gasteiger partial charge on any atom is -0.289 e. The second kappa shape index (κ2) is 3.42. The number of aromatic nitrogens is 1. The molecule has 0 atom stereocenters. The average molecular weight is 207 g/mol. The molecule has 1 heterocycles. The zero-order chi connectivity index (χ0) is 11.0. The highest BCUT2D eigenvalue weighted by molar-refractivity contribution is 6.04. The van der Waals surface area contributed by atoms with Crippen LogP contribution in [-0.4, -0.2) is 4.98 Å². The Morgan fingerprint density at radius 3 is 2.56 bits per heavy atom. The van der Waals surface area contributed by atoms with Crippen LogP contribution in [0.1, 0.15) is 0 Å². The molecule has 3 rings (SSSR count). The van der Waals surface area contributed by atoms with Gasteiger partial charge in [0.05, 0.1) is 10.9 Å². The van der Waals surface area contributed by atoms with E-state index in [2.05, 4.69) is 4.98 Å². The Labute approximate surface area is 92.2 Å². The van der Waals surface area contributed by atoms with Crippen LogP contribution in [0, 0.1) is 0 Å². The summed E-state index contributed by atoms with van der Waals surface area (Å²) < 4.78 is 0. The summed E-state index contributed by atoms with van der Waals surface area (Å²) in [6.45, 7) is 0. The number of pyridine rings is 1. The Bertz CT molecular complexity index is 734. The second-order valence-corrected chi connectivity index (χ2v) is 3.69. The molecule has 2 aromatic carbocycles. The van der Waals surface area contributed by atoms with E-state index in [-0.39, 0.29) is 5.43 Å². The monoisotopic (exact) mass is 207 g/mol. The van der Waals surface area contributed by atoms with Gasteiger partial charge < -0.3 is 0 Å². The van der Waals surface area contributed by atoms with Crippen LogP contribution in [0.5, 0.6) is 0 Å². The third kappa shape index (κ3) is 1.27. The summed E-state index contributed by atoms with van der Waals surface area (Å²) in [5.74, 6) is 0. The lowest BCUT2D eigenvalue weighted by atomic mass is 10.1. The van der Waals surface area contributed by atoms with Crippen LogP contribution >= 0.6 is 0 Å². The van der Waals surface area contributed by atoms with Crippen LogP contribution in [0.15, 0.2) is 59.5 Å². The Balaban J connectivity index is 2.71. The minimum atomic E-state index is 0.0179. The number of hydrogen-bond acceptors (Lipinski definition) is 2. The lowest BCUT2D eigenvalue weighted by Crippen LogP contribution is -1.96. The van der Waals surface area contributed by atoms with Crippen molar-refractivity contribution in [2.24, 2.45) is 0 Å². The third-order valence-electron chi connectivity index (χ3n) is 2.69. The summed E-state index contributed by atoms with van der Waals surface area (Å²) in [7, 11) is 0. The molecule has 0 aliphatic carbocycles. The van der Waals surface area contributed by atoms with Crippen LogP contribution in [-0.2, 0) is 0 Å². The number of hydrogen-bond donors (Lipinski definition) is 0. The van der Waals surface area contributed by atoms with Crippen LogP contribution < -0.4 is 5.43 Å². The van der Waals surface area contributed by atoms with E-state index in [1.807, 2.05) is 36.4 Å². The molecule has 0 unspecified atom stereocenters. The van der Waals surface area contributed by atoms with Crippen molar-refractivity contribution in [2.45, 2.75) is 0 Å². The fourth-order valence-electron chi connectivity index (χ4n) is 1.94. The molecule has 0 radical (unpaired) electrons. The van der Waals surface area contributed by atoms with E-state index in [9.17, 15) is 4.79 Å². The second-order valence-electron chi connectivity index (χ2n) is 3.69. The lowest BCUT2D eigenvalue weighted by molar-refractivity contribution is 1.45. The predicted molar refractivity (Wildman–Crippen MR) is 65.5 cm³/mol. The molecule has 0 saturated heterocycles. The van der Waals surface area contributed by atoms with Crippen molar-refractivity contribution >= 4 is 21.7 Å². The zero-order valence-corrected chi connectivity index (χ0v) is 8.55. The minimum absolute atomic E-state index is 0.0179. The molecule has 2 heteroatoms. The van der Waals surface area contributed by atoms with E-state index in [1.54, 1.807) is 18.3 Å². The van der Waals surface area contributed by atoms with Crippen LogP contribution in [0.3, 0.4) is 0 Å². The zero-order valence-electron chi connectivity index (χ0n) is 8.55. The Morgan fingerprint density at radius 1 is 0.875 bits per heavy atom. The Hall–Kier alpha value is -2.22. The summed E-state index contributed by atoms with van der Waals surface area (Å²) in [5, 5.41) is 2.66. The van der Waals surface area contributed by atoms with Crippen molar-refractivity contribution in [1.29, 1.82) is 0 Å².